The van der Waals surface area contributed by atoms with Gasteiger partial charge in [-0.05, 0) is 75.5 Å². The number of aromatic nitrogens is 1. The summed E-state index contributed by atoms with van der Waals surface area (Å²) in [6.07, 6.45) is 5.03. The highest BCUT2D eigenvalue weighted by atomic mass is 16.5. The monoisotopic (exact) mass is 503 g/mol. The zero-order chi connectivity index (χ0) is 26.2. The third-order valence-corrected chi connectivity index (χ3v) is 8.15. The highest BCUT2D eigenvalue weighted by molar-refractivity contribution is 5.85. The van der Waals surface area contributed by atoms with Crippen molar-refractivity contribution in [1.29, 1.82) is 0 Å². The van der Waals surface area contributed by atoms with Crippen molar-refractivity contribution in [3.8, 4) is 0 Å². The quantitative estimate of drug-likeness (QED) is 0.409. The van der Waals surface area contributed by atoms with Crippen molar-refractivity contribution in [3.63, 3.8) is 0 Å². The number of ether oxygens (including phenoxy) is 1. The lowest BCUT2D eigenvalue weighted by atomic mass is 9.72. The molecule has 3 aliphatic rings. The fraction of sp³-hybridized carbons (Fsp3) is 0.517. The van der Waals surface area contributed by atoms with Crippen LogP contribution in [0.25, 0.3) is 0 Å². The minimum absolute atomic E-state index is 0.158. The van der Waals surface area contributed by atoms with Crippen LogP contribution >= 0.6 is 0 Å². The first-order valence-corrected chi connectivity index (χ1v) is 13.3. The number of aliphatic imine (C=N–C) groups is 1. The minimum atomic E-state index is -0.236. The summed E-state index contributed by atoms with van der Waals surface area (Å²) in [6, 6.07) is 12.8. The molecule has 0 unspecified atom stereocenters. The number of benzene rings is 1. The van der Waals surface area contributed by atoms with Gasteiger partial charge in [-0.3, -0.25) is 4.99 Å². The molecular formula is C29H41N7O. The van der Waals surface area contributed by atoms with Gasteiger partial charge in [0, 0.05) is 43.0 Å². The molecule has 1 saturated heterocycles. The van der Waals surface area contributed by atoms with Crippen LogP contribution in [0.4, 0.5) is 17.3 Å². The van der Waals surface area contributed by atoms with E-state index in [2.05, 4.69) is 71.4 Å². The Morgan fingerprint density at radius 2 is 1.92 bits per heavy atom. The van der Waals surface area contributed by atoms with Crippen LogP contribution in [0.1, 0.15) is 38.3 Å². The predicted octanol–water partition coefficient (Wildman–Crippen LogP) is 3.66. The Kier molecular flexibility index (Phi) is 6.89. The molecule has 0 amide bonds. The van der Waals surface area contributed by atoms with Crippen molar-refractivity contribution in [1.82, 2.24) is 15.2 Å². The highest BCUT2D eigenvalue weighted by Crippen LogP contribution is 2.51. The fourth-order valence-corrected chi connectivity index (χ4v) is 5.92. The molecule has 1 fully saturated rings. The number of nitrogens with two attached hydrogens (primary N) is 1. The Bertz CT molecular complexity index is 1210. The van der Waals surface area contributed by atoms with E-state index in [0.717, 1.165) is 55.3 Å². The lowest BCUT2D eigenvalue weighted by Crippen LogP contribution is -2.54. The SMILES string of the molecule is CN=CC1=C(NCNc2ccc3c(c2)CCN(C)CC3)N(c2cccc(N)n2)[C@@H]2CC(C)(C)OC[C@]12C. The molecule has 8 nitrogen and oxygen atoms in total. The van der Waals surface area contributed by atoms with Crippen LogP contribution in [0, 0.1) is 5.41 Å². The Labute approximate surface area is 221 Å². The first-order chi connectivity index (χ1) is 17.7. The molecule has 2 atom stereocenters. The zero-order valence-corrected chi connectivity index (χ0v) is 22.8. The zero-order valence-electron chi connectivity index (χ0n) is 22.8. The van der Waals surface area contributed by atoms with E-state index in [1.54, 1.807) is 0 Å². The molecular weight excluding hydrogens is 462 g/mol. The molecule has 4 heterocycles. The van der Waals surface area contributed by atoms with Crippen LogP contribution in [0.3, 0.4) is 0 Å². The average molecular weight is 504 g/mol. The maximum absolute atomic E-state index is 6.35. The van der Waals surface area contributed by atoms with Gasteiger partial charge >= 0.3 is 0 Å². The molecule has 8 heteroatoms. The van der Waals surface area contributed by atoms with E-state index in [9.17, 15) is 0 Å². The number of hydrogen-bond acceptors (Lipinski definition) is 8. The van der Waals surface area contributed by atoms with Crippen LogP contribution in [-0.2, 0) is 17.6 Å². The Morgan fingerprint density at radius 1 is 1.14 bits per heavy atom. The first-order valence-electron chi connectivity index (χ1n) is 13.3. The van der Waals surface area contributed by atoms with Gasteiger partial charge in [0.25, 0.3) is 0 Å². The Hall–Kier alpha value is -3.10. The van der Waals surface area contributed by atoms with Crippen molar-refractivity contribution < 1.29 is 4.74 Å². The molecule has 0 radical (unpaired) electrons. The molecule has 37 heavy (non-hydrogen) atoms. The summed E-state index contributed by atoms with van der Waals surface area (Å²) >= 11 is 0. The van der Waals surface area contributed by atoms with E-state index in [1.165, 1.54) is 11.1 Å². The van der Waals surface area contributed by atoms with Gasteiger partial charge in [0.2, 0.25) is 0 Å². The molecule has 0 saturated carbocycles. The van der Waals surface area contributed by atoms with E-state index >= 15 is 0 Å². The van der Waals surface area contributed by atoms with Gasteiger partial charge in [-0.15, -0.1) is 0 Å². The van der Waals surface area contributed by atoms with Crippen LogP contribution in [-0.4, -0.2) is 68.2 Å². The third-order valence-electron chi connectivity index (χ3n) is 8.15. The summed E-state index contributed by atoms with van der Waals surface area (Å²) in [5, 5.41) is 7.30. The number of pyridine rings is 1. The van der Waals surface area contributed by atoms with E-state index in [0.29, 0.717) is 19.1 Å². The standard InChI is InChI=1S/C29H41N7O/c1-28(2)16-24-29(3,18-37-28)23(17-31-4)27(36(24)26-8-6-7-25(30)34-26)33-19-32-22-10-9-20-11-13-35(5)14-12-21(20)15-22/h6-10,15,17,24,32-33H,11-14,16,18-19H2,1-5H3,(H2,30,34)/t24-,29-/m1/s1. The molecule has 0 bridgehead atoms. The van der Waals surface area contributed by atoms with Crippen LogP contribution in [0.5, 0.6) is 0 Å². The van der Waals surface area contributed by atoms with E-state index in [1.807, 2.05) is 31.5 Å². The summed E-state index contributed by atoms with van der Waals surface area (Å²) in [5.74, 6) is 2.35. The minimum Gasteiger partial charge on any atom is -0.384 e. The van der Waals surface area contributed by atoms with Crippen molar-refractivity contribution in [2.75, 3.05) is 56.4 Å². The van der Waals surface area contributed by atoms with Gasteiger partial charge in [0.15, 0.2) is 0 Å². The Morgan fingerprint density at radius 3 is 2.68 bits per heavy atom. The smallest absolute Gasteiger partial charge is 0.136 e. The predicted molar refractivity (Wildman–Crippen MR) is 152 cm³/mol. The van der Waals surface area contributed by atoms with Crippen LogP contribution in [0.15, 0.2) is 52.8 Å². The number of likely N-dealkylation sites (N-methyl/N-ethyl adjacent to an activating group) is 1. The van der Waals surface area contributed by atoms with Crippen molar-refractivity contribution in [3.05, 3.63) is 58.9 Å². The van der Waals surface area contributed by atoms with E-state index < -0.39 is 0 Å². The van der Waals surface area contributed by atoms with Gasteiger partial charge < -0.3 is 30.9 Å². The summed E-state index contributed by atoms with van der Waals surface area (Å²) in [4.78, 5) is 13.9. The number of anilines is 3. The maximum Gasteiger partial charge on any atom is 0.136 e. The lowest BCUT2D eigenvalue weighted by molar-refractivity contribution is -0.101. The summed E-state index contributed by atoms with van der Waals surface area (Å²) in [5.41, 5.74) is 10.8. The lowest BCUT2D eigenvalue weighted by Gasteiger charge is -2.47. The first kappa shape index (κ1) is 25.5. The summed E-state index contributed by atoms with van der Waals surface area (Å²) < 4.78 is 6.35. The molecule has 0 spiro atoms. The second kappa shape index (κ2) is 9.99. The number of rotatable bonds is 6. The molecule has 2 aromatic rings. The summed E-state index contributed by atoms with van der Waals surface area (Å²) in [6.45, 7) is 9.99. The third kappa shape index (κ3) is 5.05. The number of nitrogens with zero attached hydrogens (tertiary/aromatic N) is 4. The largest absolute Gasteiger partial charge is 0.384 e. The van der Waals surface area contributed by atoms with E-state index in [4.69, 9.17) is 15.5 Å². The second-order valence-corrected chi connectivity index (χ2v) is 11.4. The van der Waals surface area contributed by atoms with Gasteiger partial charge in [0.05, 0.1) is 24.9 Å². The molecule has 1 aromatic carbocycles. The number of nitrogens with one attached hydrogen (secondary N) is 2. The fourth-order valence-electron chi connectivity index (χ4n) is 5.92. The van der Waals surface area contributed by atoms with Crippen molar-refractivity contribution >= 4 is 23.5 Å². The van der Waals surface area contributed by atoms with Gasteiger partial charge in [-0.25, -0.2) is 4.98 Å². The molecule has 4 N–H and O–H groups in total. The van der Waals surface area contributed by atoms with Gasteiger partial charge in [-0.2, -0.15) is 0 Å². The van der Waals surface area contributed by atoms with Crippen molar-refractivity contribution in [2.24, 2.45) is 10.4 Å². The van der Waals surface area contributed by atoms with Gasteiger partial charge in [-0.1, -0.05) is 19.1 Å². The topological polar surface area (TPSA) is 91.0 Å². The van der Waals surface area contributed by atoms with Crippen LogP contribution < -0.4 is 21.3 Å². The molecule has 3 aliphatic heterocycles. The van der Waals surface area contributed by atoms with E-state index in [-0.39, 0.29) is 17.1 Å². The maximum atomic E-state index is 6.35. The summed E-state index contributed by atoms with van der Waals surface area (Å²) in [7, 11) is 4.02. The number of nitrogen functional groups attached to an aromatic ring is 1. The van der Waals surface area contributed by atoms with Crippen LogP contribution in [0.2, 0.25) is 0 Å². The number of fused-ring (bicyclic) bond motifs is 2. The van der Waals surface area contributed by atoms with Gasteiger partial charge in [0.1, 0.15) is 17.5 Å². The normalized spacial score (nSPS) is 25.6. The molecule has 5 rings (SSSR count). The Balaban J connectivity index is 1.43. The highest BCUT2D eigenvalue weighted by Gasteiger charge is 2.55. The molecule has 0 aliphatic carbocycles. The van der Waals surface area contributed by atoms with Crippen molar-refractivity contribution in [2.45, 2.75) is 51.7 Å². The molecule has 1 aromatic heterocycles. The average Bonchev–Trinajstić information content (AvgIpc) is 2.96. The number of hydrogen-bond donors (Lipinski definition) is 3. The second-order valence-electron chi connectivity index (χ2n) is 11.4. The molecule has 198 valence electrons.